The Hall–Kier alpha value is -1.81. The Balaban J connectivity index is 0.00000280. The van der Waals surface area contributed by atoms with Crippen LogP contribution in [0.2, 0.25) is 0 Å². The van der Waals surface area contributed by atoms with E-state index in [9.17, 15) is 8.42 Å². The number of rotatable bonds is 5. The first kappa shape index (κ1) is 22.5. The van der Waals surface area contributed by atoms with Crippen LogP contribution in [-0.4, -0.2) is 45.7 Å². The van der Waals surface area contributed by atoms with Crippen molar-refractivity contribution in [2.45, 2.75) is 18.9 Å². The van der Waals surface area contributed by atoms with Crippen LogP contribution in [0.1, 0.15) is 23.5 Å². The number of guanidine groups is 1. The minimum atomic E-state index is -3.32. The highest BCUT2D eigenvalue weighted by Crippen LogP contribution is 2.27. The Bertz CT molecular complexity index is 903. The van der Waals surface area contributed by atoms with E-state index in [0.29, 0.717) is 18.2 Å². The largest absolute Gasteiger partial charge is 0.352 e. The second-order valence-electron chi connectivity index (χ2n) is 6.77. The van der Waals surface area contributed by atoms with Crippen LogP contribution >= 0.6 is 24.0 Å². The van der Waals surface area contributed by atoms with Crippen molar-refractivity contribution in [2.24, 2.45) is 4.99 Å². The van der Waals surface area contributed by atoms with Gasteiger partial charge in [-0.05, 0) is 23.6 Å². The predicted octanol–water partition coefficient (Wildman–Crippen LogP) is 3.24. The third-order valence-corrected chi connectivity index (χ3v) is 5.31. The lowest BCUT2D eigenvalue weighted by Crippen LogP contribution is -2.39. The molecule has 1 saturated heterocycles. The number of hydrogen-bond acceptors (Lipinski definition) is 3. The molecule has 28 heavy (non-hydrogen) atoms. The van der Waals surface area contributed by atoms with E-state index >= 15 is 0 Å². The number of nitrogens with zero attached hydrogens (tertiary/aromatic N) is 2. The lowest BCUT2D eigenvalue weighted by Gasteiger charge is -2.22. The molecule has 6 nitrogen and oxygen atoms in total. The Morgan fingerprint density at radius 2 is 1.82 bits per heavy atom. The number of aliphatic imine (C=N–C) groups is 1. The highest BCUT2D eigenvalue weighted by Gasteiger charge is 2.25. The summed E-state index contributed by atoms with van der Waals surface area (Å²) >= 11 is 0. The zero-order valence-electron chi connectivity index (χ0n) is 16.1. The zero-order valence-corrected chi connectivity index (χ0v) is 19.3. The molecule has 0 saturated carbocycles. The minimum Gasteiger partial charge on any atom is -0.352 e. The van der Waals surface area contributed by atoms with Gasteiger partial charge < -0.3 is 10.2 Å². The van der Waals surface area contributed by atoms with Gasteiger partial charge in [-0.1, -0.05) is 48.5 Å². The fraction of sp³-hybridized carbons (Fsp3) is 0.350. The smallest absolute Gasteiger partial charge is 0.229 e. The lowest BCUT2D eigenvalue weighted by atomic mass is 9.99. The van der Waals surface area contributed by atoms with E-state index in [0.717, 1.165) is 37.3 Å². The molecule has 1 unspecified atom stereocenters. The molecular formula is C20H27IN4O2S. The van der Waals surface area contributed by atoms with Crippen LogP contribution in [0.5, 0.6) is 0 Å². The molecule has 1 aliphatic rings. The molecular weight excluding hydrogens is 487 g/mol. The van der Waals surface area contributed by atoms with Gasteiger partial charge in [-0.15, -0.1) is 24.0 Å². The summed E-state index contributed by atoms with van der Waals surface area (Å²) in [6.45, 7) is 2.37. The van der Waals surface area contributed by atoms with Gasteiger partial charge in [0.2, 0.25) is 10.0 Å². The lowest BCUT2D eigenvalue weighted by molar-refractivity contribution is 0.486. The number of likely N-dealkylation sites (tertiary alicyclic amines) is 1. The van der Waals surface area contributed by atoms with Crippen LogP contribution in [-0.2, 0) is 16.6 Å². The van der Waals surface area contributed by atoms with Gasteiger partial charge in [-0.3, -0.25) is 9.71 Å². The Labute approximate surface area is 184 Å². The maximum Gasteiger partial charge on any atom is 0.229 e. The maximum absolute atomic E-state index is 11.6. The summed E-state index contributed by atoms with van der Waals surface area (Å²) in [6.07, 6.45) is 2.25. The molecule has 0 aromatic heterocycles. The van der Waals surface area contributed by atoms with Crippen LogP contribution in [0.25, 0.3) is 0 Å². The average Bonchev–Trinajstić information content (AvgIpc) is 3.13. The van der Waals surface area contributed by atoms with E-state index in [1.165, 1.54) is 5.56 Å². The molecule has 2 aromatic rings. The van der Waals surface area contributed by atoms with Crippen LogP contribution in [0.15, 0.2) is 59.6 Å². The number of benzene rings is 2. The molecule has 0 radical (unpaired) electrons. The summed E-state index contributed by atoms with van der Waals surface area (Å²) in [5.41, 5.74) is 2.83. The van der Waals surface area contributed by atoms with Crippen LogP contribution < -0.4 is 10.0 Å². The summed E-state index contributed by atoms with van der Waals surface area (Å²) in [6, 6.07) is 17.9. The van der Waals surface area contributed by atoms with Crippen molar-refractivity contribution in [1.82, 2.24) is 10.2 Å². The zero-order chi connectivity index (χ0) is 19.3. The first-order valence-electron chi connectivity index (χ1n) is 9.02. The fourth-order valence-electron chi connectivity index (χ4n) is 3.43. The van der Waals surface area contributed by atoms with Crippen molar-refractivity contribution >= 4 is 45.6 Å². The van der Waals surface area contributed by atoms with Crippen molar-refractivity contribution in [2.75, 3.05) is 31.1 Å². The van der Waals surface area contributed by atoms with Gasteiger partial charge in [-0.2, -0.15) is 0 Å². The first-order chi connectivity index (χ1) is 13.0. The molecule has 0 bridgehead atoms. The van der Waals surface area contributed by atoms with Crippen LogP contribution in [0.3, 0.4) is 0 Å². The number of sulfonamides is 1. The summed E-state index contributed by atoms with van der Waals surface area (Å²) in [7, 11) is -1.54. The molecule has 0 amide bonds. The molecule has 1 fully saturated rings. The standard InChI is InChI=1S/C20H26N4O2S.HI/c1-21-20(24-13-12-18(15-24)16-8-4-3-5-9-16)22-14-17-10-6-7-11-19(17)23-27(2,25)26;/h3-11,18,23H,12-15H2,1-2H3,(H,21,22);1H. The SMILES string of the molecule is CN=C(NCc1ccccc1NS(C)(=O)=O)N1CCC(c2ccccc2)C1.I. The molecule has 2 N–H and O–H groups in total. The van der Waals surface area contributed by atoms with Crippen LogP contribution in [0.4, 0.5) is 5.69 Å². The minimum absolute atomic E-state index is 0. The predicted molar refractivity (Wildman–Crippen MR) is 126 cm³/mol. The van der Waals surface area contributed by atoms with E-state index < -0.39 is 10.0 Å². The van der Waals surface area contributed by atoms with E-state index in [-0.39, 0.29) is 24.0 Å². The van der Waals surface area contributed by atoms with Crippen molar-refractivity contribution < 1.29 is 8.42 Å². The molecule has 0 spiro atoms. The fourth-order valence-corrected chi connectivity index (χ4v) is 4.03. The topological polar surface area (TPSA) is 73.8 Å². The summed E-state index contributed by atoms with van der Waals surface area (Å²) in [5, 5.41) is 3.37. The second kappa shape index (κ2) is 10.1. The van der Waals surface area contributed by atoms with Gasteiger partial charge in [0.15, 0.2) is 5.96 Å². The molecule has 1 atom stereocenters. The normalized spacial score (nSPS) is 17.1. The third kappa shape index (κ3) is 6.10. The quantitative estimate of drug-likeness (QED) is 0.365. The number of hydrogen-bond donors (Lipinski definition) is 2. The molecule has 152 valence electrons. The number of anilines is 1. The van der Waals surface area contributed by atoms with Crippen LogP contribution in [0, 0.1) is 0 Å². The van der Waals surface area contributed by atoms with E-state index in [4.69, 9.17) is 0 Å². The number of halogens is 1. The van der Waals surface area contributed by atoms with Gasteiger partial charge in [0.1, 0.15) is 0 Å². The number of nitrogens with one attached hydrogen (secondary N) is 2. The van der Waals surface area contributed by atoms with Gasteiger partial charge in [0.05, 0.1) is 11.9 Å². The number of para-hydroxylation sites is 1. The molecule has 2 aromatic carbocycles. The molecule has 8 heteroatoms. The Morgan fingerprint density at radius 3 is 2.50 bits per heavy atom. The summed E-state index contributed by atoms with van der Waals surface area (Å²) < 4.78 is 25.7. The summed E-state index contributed by atoms with van der Waals surface area (Å²) in [5.74, 6) is 1.34. The van der Waals surface area contributed by atoms with Crippen molar-refractivity contribution in [3.8, 4) is 0 Å². The molecule has 3 rings (SSSR count). The monoisotopic (exact) mass is 514 g/mol. The Morgan fingerprint density at radius 1 is 1.14 bits per heavy atom. The first-order valence-corrected chi connectivity index (χ1v) is 10.9. The summed E-state index contributed by atoms with van der Waals surface area (Å²) in [4.78, 5) is 6.66. The third-order valence-electron chi connectivity index (χ3n) is 4.72. The molecule has 1 aliphatic heterocycles. The van der Waals surface area contributed by atoms with Gasteiger partial charge in [0, 0.05) is 32.6 Å². The van der Waals surface area contributed by atoms with E-state index in [1.807, 2.05) is 24.3 Å². The van der Waals surface area contributed by atoms with Gasteiger partial charge >= 0.3 is 0 Å². The molecule has 0 aliphatic carbocycles. The van der Waals surface area contributed by atoms with E-state index in [1.54, 1.807) is 13.1 Å². The Kier molecular flexibility index (Phi) is 8.11. The van der Waals surface area contributed by atoms with Gasteiger partial charge in [0.25, 0.3) is 0 Å². The van der Waals surface area contributed by atoms with Gasteiger partial charge in [-0.25, -0.2) is 8.42 Å². The van der Waals surface area contributed by atoms with Crippen molar-refractivity contribution in [1.29, 1.82) is 0 Å². The van der Waals surface area contributed by atoms with Crippen molar-refractivity contribution in [3.63, 3.8) is 0 Å². The van der Waals surface area contributed by atoms with Crippen molar-refractivity contribution in [3.05, 3.63) is 65.7 Å². The second-order valence-corrected chi connectivity index (χ2v) is 8.52. The highest BCUT2D eigenvalue weighted by atomic mass is 127. The maximum atomic E-state index is 11.6. The average molecular weight is 514 g/mol. The highest BCUT2D eigenvalue weighted by molar-refractivity contribution is 14.0. The van der Waals surface area contributed by atoms with E-state index in [2.05, 4.69) is 44.2 Å². The molecule has 1 heterocycles.